The monoisotopic (exact) mass is 372 g/mol. The average molecular weight is 373 g/mol. The molecule has 0 spiro atoms. The lowest BCUT2D eigenvalue weighted by Crippen LogP contribution is -2.28. The van der Waals surface area contributed by atoms with Crippen molar-refractivity contribution in [2.45, 2.75) is 58.9 Å². The molecule has 132 valence electrons. The van der Waals surface area contributed by atoms with E-state index in [0.29, 0.717) is 11.5 Å². The van der Waals surface area contributed by atoms with E-state index in [1.807, 2.05) is 19.6 Å². The quantitative estimate of drug-likeness (QED) is 0.260. The summed E-state index contributed by atoms with van der Waals surface area (Å²) in [6.07, 6.45) is 4.79. The summed E-state index contributed by atoms with van der Waals surface area (Å²) in [6, 6.07) is 0. The molecule has 0 saturated carbocycles. The molecule has 0 fully saturated rings. The van der Waals surface area contributed by atoms with Crippen LogP contribution in [0.25, 0.3) is 0 Å². The molecule has 23 heavy (non-hydrogen) atoms. The Bertz CT molecular complexity index is 489. The van der Waals surface area contributed by atoms with Gasteiger partial charge in [0.25, 0.3) is 0 Å². The lowest BCUT2D eigenvalue weighted by molar-refractivity contribution is -0.129. The lowest BCUT2D eigenvalue weighted by Gasteiger charge is -2.23. The average Bonchev–Trinajstić information content (AvgIpc) is 2.18. The van der Waals surface area contributed by atoms with Crippen LogP contribution in [0, 0.1) is 0 Å². The molecule has 0 N–H and O–H groups in total. The summed E-state index contributed by atoms with van der Waals surface area (Å²) in [5, 5.41) is 0. The molecule has 4 nitrogen and oxygen atoms in total. The van der Waals surface area contributed by atoms with Crippen LogP contribution < -0.4 is 0 Å². The van der Waals surface area contributed by atoms with Crippen LogP contribution in [0.5, 0.6) is 0 Å². The Morgan fingerprint density at radius 3 is 1.57 bits per heavy atom. The van der Waals surface area contributed by atoms with Crippen molar-refractivity contribution < 1.29 is 18.1 Å². The highest BCUT2D eigenvalue weighted by molar-refractivity contribution is 6.71. The van der Waals surface area contributed by atoms with Crippen LogP contribution in [0.3, 0.4) is 0 Å². The minimum absolute atomic E-state index is 0.342. The van der Waals surface area contributed by atoms with Crippen molar-refractivity contribution in [3.63, 3.8) is 0 Å². The summed E-state index contributed by atoms with van der Waals surface area (Å²) in [5.74, 6) is 0.798. The molecule has 0 aromatic heterocycles. The van der Waals surface area contributed by atoms with Crippen LogP contribution in [0.2, 0.25) is 58.9 Å². The molecule has 0 unspecified atom stereocenters. The SMILES string of the molecule is C=C(/C=C(\C=C\C(=O)O[Si](C)(C)C)O[Si](C)(C)C)O[Si](C)(C)C. The van der Waals surface area contributed by atoms with Gasteiger partial charge in [-0.3, -0.25) is 0 Å². The molecule has 0 heterocycles. The fourth-order valence-electron chi connectivity index (χ4n) is 1.53. The summed E-state index contributed by atoms with van der Waals surface area (Å²) in [5.41, 5.74) is 0. The maximum absolute atomic E-state index is 11.9. The fraction of sp³-hybridized carbons (Fsp3) is 0.562. The van der Waals surface area contributed by atoms with E-state index in [1.165, 1.54) is 6.08 Å². The van der Waals surface area contributed by atoms with Gasteiger partial charge in [-0.1, -0.05) is 6.58 Å². The van der Waals surface area contributed by atoms with Crippen LogP contribution in [0.15, 0.2) is 36.3 Å². The number of hydrogen-bond acceptors (Lipinski definition) is 4. The maximum Gasteiger partial charge on any atom is 0.317 e. The standard InChI is InChI=1S/C16H32O4Si3/c1-14(18-21(2,3)4)13-15(19-22(5,6)7)11-12-16(17)20-23(8,9)10/h11-13H,1H2,2-10H3/b12-11+,15-13+. The Morgan fingerprint density at radius 1 is 0.739 bits per heavy atom. The topological polar surface area (TPSA) is 44.8 Å². The first-order valence-corrected chi connectivity index (χ1v) is 18.0. The molecule has 0 atom stereocenters. The number of carbonyl (C=O) groups is 1. The Morgan fingerprint density at radius 2 is 1.17 bits per heavy atom. The highest BCUT2D eigenvalue weighted by Crippen LogP contribution is 2.17. The highest BCUT2D eigenvalue weighted by Gasteiger charge is 2.20. The van der Waals surface area contributed by atoms with Gasteiger partial charge >= 0.3 is 5.97 Å². The molecule has 0 aromatic carbocycles. The third-order valence-electron chi connectivity index (χ3n) is 1.96. The van der Waals surface area contributed by atoms with Crippen molar-refractivity contribution in [1.82, 2.24) is 0 Å². The van der Waals surface area contributed by atoms with Gasteiger partial charge in [-0.25, -0.2) is 4.79 Å². The molecule has 0 aliphatic heterocycles. The van der Waals surface area contributed by atoms with Gasteiger partial charge in [-0.05, 0) is 65.0 Å². The Labute approximate surface area is 144 Å². The predicted molar refractivity (Wildman–Crippen MR) is 105 cm³/mol. The van der Waals surface area contributed by atoms with Crippen molar-refractivity contribution in [2.24, 2.45) is 0 Å². The zero-order valence-corrected chi connectivity index (χ0v) is 19.1. The minimum Gasteiger partial charge on any atom is -0.545 e. The molecule has 0 radical (unpaired) electrons. The molecule has 0 aromatic rings. The van der Waals surface area contributed by atoms with Gasteiger partial charge in [0, 0.05) is 12.2 Å². The third-order valence-corrected chi connectivity index (χ3v) is 4.49. The van der Waals surface area contributed by atoms with E-state index in [0.717, 1.165) is 0 Å². The second-order valence-corrected chi connectivity index (χ2v) is 21.6. The van der Waals surface area contributed by atoms with Crippen LogP contribution >= 0.6 is 0 Å². The van der Waals surface area contributed by atoms with Crippen molar-refractivity contribution in [3.05, 3.63) is 36.3 Å². The molecule has 0 saturated heterocycles. The van der Waals surface area contributed by atoms with Gasteiger partial charge in [0.15, 0.2) is 0 Å². The summed E-state index contributed by atoms with van der Waals surface area (Å²) >= 11 is 0. The van der Waals surface area contributed by atoms with E-state index in [9.17, 15) is 4.79 Å². The predicted octanol–water partition coefficient (Wildman–Crippen LogP) is 5.02. The molecular formula is C16H32O4Si3. The third kappa shape index (κ3) is 14.3. The number of hydrogen-bond donors (Lipinski definition) is 0. The van der Waals surface area contributed by atoms with Gasteiger partial charge in [-0.2, -0.15) is 0 Å². The molecule has 0 aliphatic carbocycles. The summed E-state index contributed by atoms with van der Waals surface area (Å²) < 4.78 is 17.2. The second-order valence-electron chi connectivity index (χ2n) is 8.31. The Hall–Kier alpha value is -1.06. The molecule has 0 aliphatic rings. The fourth-order valence-corrected chi connectivity index (χ4v) is 3.88. The highest BCUT2D eigenvalue weighted by atomic mass is 28.4. The van der Waals surface area contributed by atoms with Crippen LogP contribution in [-0.4, -0.2) is 30.9 Å². The first kappa shape index (κ1) is 21.9. The van der Waals surface area contributed by atoms with Gasteiger partial charge in [0.05, 0.1) is 5.76 Å². The molecule has 7 heteroatoms. The van der Waals surface area contributed by atoms with E-state index in [2.05, 4.69) is 45.9 Å². The molecule has 0 bridgehead atoms. The van der Waals surface area contributed by atoms with E-state index in [-0.39, 0.29) is 5.97 Å². The zero-order valence-electron chi connectivity index (χ0n) is 16.1. The number of allylic oxidation sites excluding steroid dienone is 2. The van der Waals surface area contributed by atoms with Crippen molar-refractivity contribution in [3.8, 4) is 0 Å². The van der Waals surface area contributed by atoms with Gasteiger partial charge in [0.2, 0.25) is 25.0 Å². The summed E-state index contributed by atoms with van der Waals surface area (Å²) in [6.45, 7) is 22.3. The zero-order chi connectivity index (χ0) is 18.5. The van der Waals surface area contributed by atoms with Crippen molar-refractivity contribution >= 4 is 30.9 Å². The van der Waals surface area contributed by atoms with Crippen LogP contribution in [-0.2, 0) is 18.1 Å². The van der Waals surface area contributed by atoms with Crippen molar-refractivity contribution in [2.75, 3.05) is 0 Å². The van der Waals surface area contributed by atoms with E-state index >= 15 is 0 Å². The summed E-state index contributed by atoms with van der Waals surface area (Å²) in [7, 11) is -5.43. The molecular weight excluding hydrogens is 340 g/mol. The lowest BCUT2D eigenvalue weighted by atomic mass is 10.3. The Kier molecular flexibility index (Phi) is 7.79. The second kappa shape index (κ2) is 8.16. The Balaban J connectivity index is 5.16. The van der Waals surface area contributed by atoms with E-state index in [1.54, 1.807) is 12.2 Å². The smallest absolute Gasteiger partial charge is 0.317 e. The van der Waals surface area contributed by atoms with Gasteiger partial charge < -0.3 is 13.3 Å². The van der Waals surface area contributed by atoms with Gasteiger partial charge in [-0.15, -0.1) is 0 Å². The summed E-state index contributed by atoms with van der Waals surface area (Å²) in [4.78, 5) is 11.9. The van der Waals surface area contributed by atoms with Crippen LogP contribution in [0.4, 0.5) is 0 Å². The molecule has 0 amide bonds. The van der Waals surface area contributed by atoms with Crippen molar-refractivity contribution in [1.29, 1.82) is 0 Å². The number of rotatable bonds is 8. The number of carbonyl (C=O) groups excluding carboxylic acids is 1. The largest absolute Gasteiger partial charge is 0.545 e. The van der Waals surface area contributed by atoms with E-state index in [4.69, 9.17) is 13.3 Å². The maximum atomic E-state index is 11.9. The normalized spacial score (nSPS) is 13.9. The first-order valence-electron chi connectivity index (χ1n) is 7.77. The van der Waals surface area contributed by atoms with Gasteiger partial charge in [0.1, 0.15) is 5.76 Å². The van der Waals surface area contributed by atoms with Crippen LogP contribution in [0.1, 0.15) is 0 Å². The molecule has 0 rings (SSSR count). The minimum atomic E-state index is -1.89. The van der Waals surface area contributed by atoms with E-state index < -0.39 is 25.0 Å². The first-order chi connectivity index (χ1) is 10.1.